The van der Waals surface area contributed by atoms with E-state index < -0.39 is 5.97 Å². The lowest BCUT2D eigenvalue weighted by Gasteiger charge is -2.12. The van der Waals surface area contributed by atoms with Crippen molar-refractivity contribution in [2.24, 2.45) is 0 Å². The molecule has 0 unspecified atom stereocenters. The normalized spacial score (nSPS) is 10.1. The molecule has 0 amide bonds. The SMILES string of the molecule is Nc1c(Nc2ccccc2I)cccc1C(=O)O. The summed E-state index contributed by atoms with van der Waals surface area (Å²) in [6.07, 6.45) is 0. The summed E-state index contributed by atoms with van der Waals surface area (Å²) in [5, 5.41) is 12.1. The number of hydrogen-bond acceptors (Lipinski definition) is 3. The number of nitrogen functional groups attached to an aromatic ring is 1. The number of benzene rings is 2. The molecule has 0 aromatic heterocycles. The van der Waals surface area contributed by atoms with E-state index >= 15 is 0 Å². The lowest BCUT2D eigenvalue weighted by molar-refractivity contribution is 0.0698. The van der Waals surface area contributed by atoms with Crippen LogP contribution < -0.4 is 11.1 Å². The number of nitrogens with one attached hydrogen (secondary N) is 1. The van der Waals surface area contributed by atoms with Crippen molar-refractivity contribution in [3.63, 3.8) is 0 Å². The van der Waals surface area contributed by atoms with Gasteiger partial charge in [0, 0.05) is 3.57 Å². The quantitative estimate of drug-likeness (QED) is 0.584. The van der Waals surface area contributed by atoms with E-state index in [2.05, 4.69) is 27.9 Å². The van der Waals surface area contributed by atoms with Gasteiger partial charge in [0.05, 0.1) is 22.6 Å². The van der Waals surface area contributed by atoms with Gasteiger partial charge in [0.25, 0.3) is 0 Å². The van der Waals surface area contributed by atoms with E-state index in [9.17, 15) is 4.79 Å². The monoisotopic (exact) mass is 354 g/mol. The fourth-order valence-electron chi connectivity index (χ4n) is 1.57. The molecule has 0 fully saturated rings. The topological polar surface area (TPSA) is 75.3 Å². The third-order valence-corrected chi connectivity index (χ3v) is 3.42. The maximum absolute atomic E-state index is 11.0. The van der Waals surface area contributed by atoms with Crippen molar-refractivity contribution < 1.29 is 9.90 Å². The Morgan fingerprint density at radius 1 is 1.11 bits per heavy atom. The molecule has 2 rings (SSSR count). The average Bonchev–Trinajstić information content (AvgIpc) is 2.34. The first-order chi connectivity index (χ1) is 8.59. The highest BCUT2D eigenvalue weighted by atomic mass is 127. The van der Waals surface area contributed by atoms with Crippen LogP contribution in [0.15, 0.2) is 42.5 Å². The molecule has 0 aliphatic heterocycles. The van der Waals surface area contributed by atoms with Crippen LogP contribution in [0.4, 0.5) is 17.1 Å². The zero-order chi connectivity index (χ0) is 13.1. The Morgan fingerprint density at radius 3 is 2.44 bits per heavy atom. The molecule has 92 valence electrons. The number of rotatable bonds is 3. The lowest BCUT2D eigenvalue weighted by atomic mass is 10.1. The van der Waals surface area contributed by atoms with Gasteiger partial charge in [0.1, 0.15) is 0 Å². The standard InChI is InChI=1S/C13H11IN2O2/c14-9-5-1-2-6-10(9)16-11-7-3-4-8(12(11)15)13(17)18/h1-7,16H,15H2,(H,17,18). The van der Waals surface area contributed by atoms with Crippen molar-refractivity contribution >= 4 is 45.6 Å². The summed E-state index contributed by atoms with van der Waals surface area (Å²) in [6, 6.07) is 12.6. The van der Waals surface area contributed by atoms with E-state index in [1.807, 2.05) is 24.3 Å². The number of para-hydroxylation sites is 2. The van der Waals surface area contributed by atoms with Gasteiger partial charge in [-0.2, -0.15) is 0 Å². The van der Waals surface area contributed by atoms with Crippen molar-refractivity contribution in [2.75, 3.05) is 11.1 Å². The van der Waals surface area contributed by atoms with Crippen LogP contribution in [-0.4, -0.2) is 11.1 Å². The molecule has 5 heteroatoms. The molecule has 0 spiro atoms. The van der Waals surface area contributed by atoms with Gasteiger partial charge in [-0.15, -0.1) is 0 Å². The first-order valence-corrected chi connectivity index (χ1v) is 6.31. The summed E-state index contributed by atoms with van der Waals surface area (Å²) in [6.45, 7) is 0. The van der Waals surface area contributed by atoms with Crippen molar-refractivity contribution in [3.8, 4) is 0 Å². The number of aromatic carboxylic acids is 1. The largest absolute Gasteiger partial charge is 0.478 e. The average molecular weight is 354 g/mol. The van der Waals surface area contributed by atoms with Crippen molar-refractivity contribution in [1.29, 1.82) is 0 Å². The lowest BCUT2D eigenvalue weighted by Crippen LogP contribution is -2.05. The van der Waals surface area contributed by atoms with Gasteiger partial charge in [-0.25, -0.2) is 4.79 Å². The third-order valence-electron chi connectivity index (χ3n) is 2.48. The number of halogens is 1. The van der Waals surface area contributed by atoms with Crippen LogP contribution in [0.2, 0.25) is 0 Å². The van der Waals surface area contributed by atoms with Crippen LogP contribution in [0.1, 0.15) is 10.4 Å². The minimum atomic E-state index is -1.03. The Balaban J connectivity index is 2.39. The van der Waals surface area contributed by atoms with E-state index in [1.165, 1.54) is 6.07 Å². The van der Waals surface area contributed by atoms with Crippen LogP contribution >= 0.6 is 22.6 Å². The number of carbonyl (C=O) groups is 1. The summed E-state index contributed by atoms with van der Waals surface area (Å²) in [7, 11) is 0. The molecule has 0 aliphatic rings. The van der Waals surface area contributed by atoms with E-state index in [0.717, 1.165) is 9.26 Å². The van der Waals surface area contributed by atoms with Gasteiger partial charge in [-0.3, -0.25) is 0 Å². The minimum Gasteiger partial charge on any atom is -0.478 e. The second-order valence-electron chi connectivity index (χ2n) is 3.68. The second-order valence-corrected chi connectivity index (χ2v) is 4.84. The first kappa shape index (κ1) is 12.7. The fraction of sp³-hybridized carbons (Fsp3) is 0. The number of nitrogens with two attached hydrogens (primary N) is 1. The van der Waals surface area contributed by atoms with Gasteiger partial charge in [-0.05, 0) is 46.9 Å². The Kier molecular flexibility index (Phi) is 3.71. The van der Waals surface area contributed by atoms with E-state index in [4.69, 9.17) is 10.8 Å². The second kappa shape index (κ2) is 5.26. The summed E-state index contributed by atoms with van der Waals surface area (Å²) >= 11 is 2.20. The van der Waals surface area contributed by atoms with E-state index in [0.29, 0.717) is 5.69 Å². The van der Waals surface area contributed by atoms with Crippen LogP contribution in [0, 0.1) is 3.57 Å². The smallest absolute Gasteiger partial charge is 0.337 e. The highest BCUT2D eigenvalue weighted by Crippen LogP contribution is 2.28. The molecule has 2 aromatic carbocycles. The molecule has 0 saturated carbocycles. The zero-order valence-corrected chi connectivity index (χ0v) is 11.5. The maximum atomic E-state index is 11.0. The maximum Gasteiger partial charge on any atom is 0.337 e. The number of carboxylic acids is 1. The number of carboxylic acid groups (broad SMARTS) is 1. The van der Waals surface area contributed by atoms with Crippen molar-refractivity contribution in [3.05, 3.63) is 51.6 Å². The molecule has 0 radical (unpaired) electrons. The summed E-state index contributed by atoms with van der Waals surface area (Å²) in [5.74, 6) is -1.03. The van der Waals surface area contributed by atoms with Crippen molar-refractivity contribution in [1.82, 2.24) is 0 Å². The van der Waals surface area contributed by atoms with Gasteiger partial charge < -0.3 is 16.2 Å². The highest BCUT2D eigenvalue weighted by molar-refractivity contribution is 14.1. The molecular formula is C13H11IN2O2. The van der Waals surface area contributed by atoms with Crippen LogP contribution in [0.5, 0.6) is 0 Å². The minimum absolute atomic E-state index is 0.103. The fourth-order valence-corrected chi connectivity index (χ4v) is 2.09. The molecule has 0 heterocycles. The molecule has 0 aliphatic carbocycles. The molecule has 0 atom stereocenters. The van der Waals surface area contributed by atoms with Crippen LogP contribution in [-0.2, 0) is 0 Å². The molecule has 0 bridgehead atoms. The van der Waals surface area contributed by atoms with Gasteiger partial charge in [0.2, 0.25) is 0 Å². The molecule has 2 aromatic rings. The molecule has 18 heavy (non-hydrogen) atoms. The highest BCUT2D eigenvalue weighted by Gasteiger charge is 2.11. The van der Waals surface area contributed by atoms with Gasteiger partial charge >= 0.3 is 5.97 Å². The van der Waals surface area contributed by atoms with Gasteiger partial charge in [-0.1, -0.05) is 18.2 Å². The Hall–Kier alpha value is -1.76. The predicted octanol–water partition coefficient (Wildman–Crippen LogP) is 3.32. The van der Waals surface area contributed by atoms with E-state index in [1.54, 1.807) is 12.1 Å². The van der Waals surface area contributed by atoms with Crippen molar-refractivity contribution in [2.45, 2.75) is 0 Å². The summed E-state index contributed by atoms with van der Waals surface area (Å²) in [5.41, 5.74) is 7.67. The molecule has 4 nitrogen and oxygen atoms in total. The number of anilines is 3. The van der Waals surface area contributed by atoms with Gasteiger partial charge in [0.15, 0.2) is 0 Å². The molecule has 4 N–H and O–H groups in total. The molecule has 0 saturated heterocycles. The summed E-state index contributed by atoms with van der Waals surface area (Å²) < 4.78 is 1.04. The zero-order valence-electron chi connectivity index (χ0n) is 9.35. The van der Waals surface area contributed by atoms with Crippen LogP contribution in [0.3, 0.4) is 0 Å². The Morgan fingerprint density at radius 2 is 1.78 bits per heavy atom. The molecular weight excluding hydrogens is 343 g/mol. The predicted molar refractivity (Wildman–Crippen MR) is 80.3 cm³/mol. The first-order valence-electron chi connectivity index (χ1n) is 5.23. The summed E-state index contributed by atoms with van der Waals surface area (Å²) in [4.78, 5) is 11.0. The number of hydrogen-bond donors (Lipinski definition) is 3. The third kappa shape index (κ3) is 2.56. The van der Waals surface area contributed by atoms with E-state index in [-0.39, 0.29) is 11.3 Å². The Bertz CT molecular complexity index is 599. The Labute approximate surface area is 118 Å². The van der Waals surface area contributed by atoms with Crippen LogP contribution in [0.25, 0.3) is 0 Å².